The molecule has 1 fully saturated rings. The summed E-state index contributed by atoms with van der Waals surface area (Å²) in [5.74, 6) is 0. The van der Waals surface area contributed by atoms with E-state index >= 15 is 0 Å². The van der Waals surface area contributed by atoms with E-state index in [1.807, 2.05) is 18.7 Å². The summed E-state index contributed by atoms with van der Waals surface area (Å²) in [6.45, 7) is 6.31. The topological polar surface area (TPSA) is 45.1 Å². The minimum Gasteiger partial charge on any atom is -0.463 e. The zero-order valence-electron chi connectivity index (χ0n) is 7.66. The van der Waals surface area contributed by atoms with Gasteiger partial charge in [-0.1, -0.05) is 0 Å². The molecule has 1 aliphatic heterocycles. The molecule has 12 heavy (non-hydrogen) atoms. The largest absolute Gasteiger partial charge is 0.463 e. The fraction of sp³-hybridized carbons (Fsp3) is 0.875. The first kappa shape index (κ1) is 9.32. The Morgan fingerprint density at radius 2 is 2.42 bits per heavy atom. The third kappa shape index (κ3) is 2.37. The third-order valence-electron chi connectivity index (χ3n) is 1.60. The van der Waals surface area contributed by atoms with E-state index in [1.54, 1.807) is 0 Å². The van der Waals surface area contributed by atoms with Crippen LogP contribution in [0.25, 0.3) is 0 Å². The van der Waals surface area contributed by atoms with Crippen LogP contribution in [0.2, 0.25) is 0 Å². The van der Waals surface area contributed by atoms with Crippen LogP contribution in [0.4, 0.5) is 0 Å². The van der Waals surface area contributed by atoms with Crippen molar-refractivity contribution in [1.29, 1.82) is 0 Å². The van der Waals surface area contributed by atoms with Crippen molar-refractivity contribution in [1.82, 2.24) is 4.90 Å². The van der Waals surface area contributed by atoms with Crippen molar-refractivity contribution in [3.8, 4) is 0 Å². The molecule has 1 rings (SSSR count). The lowest BCUT2D eigenvalue weighted by atomic mass is 10.4. The van der Waals surface area contributed by atoms with Crippen molar-refractivity contribution in [2.45, 2.75) is 19.9 Å². The molecule has 0 spiro atoms. The average molecular weight is 172 g/mol. The molecule has 0 unspecified atom stereocenters. The molecule has 1 saturated heterocycles. The molecular weight excluding hydrogens is 156 g/mol. The second-order valence-electron chi connectivity index (χ2n) is 3.06. The van der Waals surface area contributed by atoms with E-state index < -0.39 is 0 Å². The monoisotopic (exact) mass is 172 g/mol. The lowest BCUT2D eigenvalue weighted by Gasteiger charge is -2.14. The zero-order chi connectivity index (χ0) is 8.97. The molecule has 0 amide bonds. The van der Waals surface area contributed by atoms with Gasteiger partial charge in [-0.25, -0.2) is 4.99 Å². The maximum absolute atomic E-state index is 8.73. The van der Waals surface area contributed by atoms with Gasteiger partial charge in [0.15, 0.2) is 0 Å². The van der Waals surface area contributed by atoms with Gasteiger partial charge in [0.1, 0.15) is 6.61 Å². The van der Waals surface area contributed by atoms with Crippen LogP contribution in [0, 0.1) is 0 Å². The molecule has 0 aromatic rings. The van der Waals surface area contributed by atoms with Crippen molar-refractivity contribution in [3.05, 3.63) is 0 Å². The molecule has 4 nitrogen and oxygen atoms in total. The van der Waals surface area contributed by atoms with E-state index in [0.29, 0.717) is 19.2 Å². The number of nitrogens with zero attached hydrogens (tertiary/aromatic N) is 2. The van der Waals surface area contributed by atoms with Crippen LogP contribution in [0.5, 0.6) is 0 Å². The van der Waals surface area contributed by atoms with Crippen LogP contribution in [0.1, 0.15) is 13.8 Å². The first-order valence-electron chi connectivity index (χ1n) is 4.30. The van der Waals surface area contributed by atoms with Gasteiger partial charge in [-0.05, 0) is 13.8 Å². The fourth-order valence-corrected chi connectivity index (χ4v) is 1.10. The number of ether oxygens (including phenoxy) is 1. The summed E-state index contributed by atoms with van der Waals surface area (Å²) in [5.41, 5.74) is 0. The summed E-state index contributed by atoms with van der Waals surface area (Å²) >= 11 is 0. The second-order valence-corrected chi connectivity index (χ2v) is 3.06. The van der Waals surface area contributed by atoms with E-state index in [9.17, 15) is 0 Å². The van der Waals surface area contributed by atoms with Gasteiger partial charge in [-0.3, -0.25) is 0 Å². The van der Waals surface area contributed by atoms with Gasteiger partial charge in [0.2, 0.25) is 0 Å². The molecule has 0 bridgehead atoms. The average Bonchev–Trinajstić information content (AvgIpc) is 2.37. The lowest BCUT2D eigenvalue weighted by Crippen LogP contribution is -2.29. The standard InChI is InChI=1S/C8H16N2O2/c1-7(2)9-8-10(3-5-11)4-6-12-8/h7,11H,3-6H2,1-2H3. The van der Waals surface area contributed by atoms with Crippen LogP contribution < -0.4 is 0 Å². The molecule has 0 aromatic carbocycles. The zero-order valence-corrected chi connectivity index (χ0v) is 7.66. The van der Waals surface area contributed by atoms with E-state index in [2.05, 4.69) is 4.99 Å². The van der Waals surface area contributed by atoms with Crippen LogP contribution >= 0.6 is 0 Å². The van der Waals surface area contributed by atoms with Crippen molar-refractivity contribution in [2.75, 3.05) is 26.3 Å². The number of aliphatic hydroxyl groups excluding tert-OH is 1. The normalized spacial score (nSPS) is 20.7. The highest BCUT2D eigenvalue weighted by molar-refractivity contribution is 5.75. The number of hydrogen-bond acceptors (Lipinski definition) is 3. The lowest BCUT2D eigenvalue weighted by molar-refractivity contribution is 0.255. The molecule has 4 heteroatoms. The van der Waals surface area contributed by atoms with Gasteiger partial charge in [0.05, 0.1) is 13.2 Å². The van der Waals surface area contributed by atoms with Crippen molar-refractivity contribution < 1.29 is 9.84 Å². The fourth-order valence-electron chi connectivity index (χ4n) is 1.10. The Bertz CT molecular complexity index is 168. The third-order valence-corrected chi connectivity index (χ3v) is 1.60. The Labute approximate surface area is 72.9 Å². The van der Waals surface area contributed by atoms with E-state index in [-0.39, 0.29) is 12.6 Å². The molecule has 0 radical (unpaired) electrons. The van der Waals surface area contributed by atoms with Crippen LogP contribution in [-0.2, 0) is 4.74 Å². The highest BCUT2D eigenvalue weighted by Crippen LogP contribution is 2.04. The van der Waals surface area contributed by atoms with Crippen molar-refractivity contribution in [2.24, 2.45) is 4.99 Å². The highest BCUT2D eigenvalue weighted by Gasteiger charge is 2.19. The first-order chi connectivity index (χ1) is 5.74. The van der Waals surface area contributed by atoms with E-state index in [1.165, 1.54) is 0 Å². The molecule has 1 heterocycles. The summed E-state index contributed by atoms with van der Waals surface area (Å²) in [4.78, 5) is 6.24. The van der Waals surface area contributed by atoms with Crippen molar-refractivity contribution >= 4 is 6.02 Å². The first-order valence-corrected chi connectivity index (χ1v) is 4.30. The number of aliphatic hydroxyl groups is 1. The predicted octanol–water partition coefficient (Wildman–Crippen LogP) is 0.0753. The molecule has 0 saturated carbocycles. The van der Waals surface area contributed by atoms with Crippen molar-refractivity contribution in [3.63, 3.8) is 0 Å². The number of rotatable bonds is 3. The molecule has 0 aliphatic carbocycles. The van der Waals surface area contributed by atoms with Gasteiger partial charge in [-0.2, -0.15) is 0 Å². The minimum atomic E-state index is 0.153. The van der Waals surface area contributed by atoms with Gasteiger partial charge >= 0.3 is 0 Å². The number of amidine groups is 1. The summed E-state index contributed by atoms with van der Waals surface area (Å²) in [7, 11) is 0. The Morgan fingerprint density at radius 3 is 3.00 bits per heavy atom. The van der Waals surface area contributed by atoms with Crippen LogP contribution in [0.15, 0.2) is 4.99 Å². The highest BCUT2D eigenvalue weighted by atomic mass is 16.5. The Morgan fingerprint density at radius 1 is 1.67 bits per heavy atom. The number of β-amino-alcohol motifs (C(OH)–C–C–N with tert-alkyl or cyclic N) is 1. The Hall–Kier alpha value is -0.770. The van der Waals surface area contributed by atoms with Gasteiger partial charge in [0.25, 0.3) is 6.02 Å². The molecule has 1 N–H and O–H groups in total. The summed E-state index contributed by atoms with van der Waals surface area (Å²) < 4.78 is 5.29. The Kier molecular flexibility index (Phi) is 3.34. The molecule has 0 atom stereocenters. The van der Waals surface area contributed by atoms with Crippen LogP contribution in [0.3, 0.4) is 0 Å². The SMILES string of the molecule is CC(C)N=C1OCCN1CCO. The van der Waals surface area contributed by atoms with E-state index in [0.717, 1.165) is 6.54 Å². The Balaban J connectivity index is 2.51. The van der Waals surface area contributed by atoms with Crippen LogP contribution in [-0.4, -0.2) is 48.4 Å². The van der Waals surface area contributed by atoms with Gasteiger partial charge < -0.3 is 14.7 Å². The smallest absolute Gasteiger partial charge is 0.287 e. The summed E-state index contributed by atoms with van der Waals surface area (Å²) in [5, 5.41) is 8.73. The molecule has 1 aliphatic rings. The summed E-state index contributed by atoms with van der Waals surface area (Å²) in [6, 6.07) is 0.929. The maximum atomic E-state index is 8.73. The minimum absolute atomic E-state index is 0.153. The maximum Gasteiger partial charge on any atom is 0.287 e. The number of hydrogen-bond donors (Lipinski definition) is 1. The molecule has 0 aromatic heterocycles. The second kappa shape index (κ2) is 4.30. The quantitative estimate of drug-likeness (QED) is 0.655. The predicted molar refractivity (Wildman–Crippen MR) is 47.2 cm³/mol. The summed E-state index contributed by atoms with van der Waals surface area (Å²) in [6.07, 6.45) is 0. The molecular formula is C8H16N2O2. The van der Waals surface area contributed by atoms with Gasteiger partial charge in [-0.15, -0.1) is 0 Å². The van der Waals surface area contributed by atoms with E-state index in [4.69, 9.17) is 9.84 Å². The molecule has 70 valence electrons. The van der Waals surface area contributed by atoms with Gasteiger partial charge in [0, 0.05) is 12.6 Å². The number of aliphatic imine (C=N–C) groups is 1.